The normalized spacial score (nSPS) is 10.4. The lowest BCUT2D eigenvalue weighted by Gasteiger charge is -2.08. The molecule has 0 saturated heterocycles. The summed E-state index contributed by atoms with van der Waals surface area (Å²) in [4.78, 5) is 7.21. The van der Waals surface area contributed by atoms with Crippen molar-refractivity contribution in [2.45, 2.75) is 6.43 Å². The smallest absolute Gasteiger partial charge is 0.272 e. The Kier molecular flexibility index (Phi) is 3.82. The highest BCUT2D eigenvalue weighted by molar-refractivity contribution is 6.31. The number of nitrogens with zero attached hydrogens (tertiary/aromatic N) is 2. The third-order valence-corrected chi connectivity index (χ3v) is 1.55. The van der Waals surface area contributed by atoms with Gasteiger partial charge in [-0.05, 0) is 0 Å². The maximum absolute atomic E-state index is 11.8. The van der Waals surface area contributed by atoms with Crippen molar-refractivity contribution in [3.05, 3.63) is 11.5 Å². The molecule has 0 fully saturated rings. The molecule has 0 unspecified atom stereocenters. The Labute approximate surface area is 83.8 Å². The van der Waals surface area contributed by atoms with E-state index < -0.39 is 13.0 Å². The predicted octanol–water partition coefficient (Wildman–Crippen LogP) is 1.78. The third kappa shape index (κ3) is 2.66. The maximum atomic E-state index is 11.8. The van der Waals surface area contributed by atoms with Crippen molar-refractivity contribution in [2.24, 2.45) is 0 Å². The number of methoxy groups -OCH3 is 1. The van der Waals surface area contributed by atoms with E-state index in [0.29, 0.717) is 0 Å². The van der Waals surface area contributed by atoms with Crippen molar-refractivity contribution in [1.29, 1.82) is 0 Å². The number of rotatable bonds is 4. The van der Waals surface area contributed by atoms with E-state index in [2.05, 4.69) is 14.7 Å². The molecule has 0 aliphatic heterocycles. The number of aromatic nitrogens is 2. The first-order valence-corrected chi connectivity index (χ1v) is 3.98. The van der Waals surface area contributed by atoms with Gasteiger partial charge in [-0.15, -0.1) is 0 Å². The average molecular weight is 225 g/mol. The van der Waals surface area contributed by atoms with Gasteiger partial charge in [-0.2, -0.15) is 4.98 Å². The molecular weight excluding hydrogens is 218 g/mol. The molecule has 0 aliphatic carbocycles. The molecule has 7 heteroatoms. The number of ether oxygens (including phenoxy) is 2. The molecule has 1 heterocycles. The van der Waals surface area contributed by atoms with Crippen molar-refractivity contribution in [3.63, 3.8) is 0 Å². The maximum Gasteiger partial charge on any atom is 0.272 e. The molecule has 78 valence electrons. The van der Waals surface area contributed by atoms with Crippen LogP contribution >= 0.6 is 11.6 Å². The van der Waals surface area contributed by atoms with Crippen molar-refractivity contribution in [1.82, 2.24) is 9.97 Å². The first-order valence-electron chi connectivity index (χ1n) is 3.60. The Balaban J connectivity index is 2.80. The van der Waals surface area contributed by atoms with Crippen LogP contribution in [0.3, 0.4) is 0 Å². The molecule has 14 heavy (non-hydrogen) atoms. The molecule has 0 aliphatic rings. The summed E-state index contributed by atoms with van der Waals surface area (Å²) < 4.78 is 33.1. The van der Waals surface area contributed by atoms with Gasteiger partial charge >= 0.3 is 0 Å². The average Bonchev–Trinajstić information content (AvgIpc) is 2.14. The van der Waals surface area contributed by atoms with Crippen LogP contribution in [0.5, 0.6) is 11.6 Å². The summed E-state index contributed by atoms with van der Waals surface area (Å²) in [6, 6.07) is 0. The summed E-state index contributed by atoms with van der Waals surface area (Å²) in [5, 5.41) is 0.0202. The Morgan fingerprint density at radius 2 is 2.21 bits per heavy atom. The van der Waals surface area contributed by atoms with Gasteiger partial charge < -0.3 is 9.47 Å². The van der Waals surface area contributed by atoms with Crippen molar-refractivity contribution in [2.75, 3.05) is 13.7 Å². The first-order chi connectivity index (χ1) is 6.65. The van der Waals surface area contributed by atoms with E-state index in [1.165, 1.54) is 7.11 Å². The molecule has 0 radical (unpaired) electrons. The van der Waals surface area contributed by atoms with Crippen LogP contribution in [0.1, 0.15) is 0 Å². The van der Waals surface area contributed by atoms with Crippen molar-refractivity contribution in [3.8, 4) is 11.6 Å². The van der Waals surface area contributed by atoms with Crippen LogP contribution in [-0.4, -0.2) is 30.1 Å². The van der Waals surface area contributed by atoms with E-state index in [1.54, 1.807) is 0 Å². The highest BCUT2D eigenvalue weighted by Crippen LogP contribution is 2.30. The van der Waals surface area contributed by atoms with Gasteiger partial charge in [-0.1, -0.05) is 11.6 Å². The monoisotopic (exact) mass is 224 g/mol. The van der Waals surface area contributed by atoms with Gasteiger partial charge in [-0.3, -0.25) is 0 Å². The molecule has 0 spiro atoms. The lowest BCUT2D eigenvalue weighted by Crippen LogP contribution is -2.09. The first kappa shape index (κ1) is 10.9. The minimum atomic E-state index is -2.58. The summed E-state index contributed by atoms with van der Waals surface area (Å²) in [5.41, 5.74) is 0. The van der Waals surface area contributed by atoms with E-state index in [9.17, 15) is 8.78 Å². The van der Waals surface area contributed by atoms with Crippen LogP contribution in [0.2, 0.25) is 5.15 Å². The van der Waals surface area contributed by atoms with Crippen molar-refractivity contribution < 1.29 is 18.3 Å². The molecule has 0 aromatic carbocycles. The lowest BCUT2D eigenvalue weighted by molar-refractivity contribution is 0.0778. The zero-order valence-electron chi connectivity index (χ0n) is 7.21. The van der Waals surface area contributed by atoms with Crippen LogP contribution in [0, 0.1) is 0 Å². The molecule has 1 rings (SSSR count). The molecular formula is C7H7ClF2N2O2. The van der Waals surface area contributed by atoms with Gasteiger partial charge in [0.2, 0.25) is 5.75 Å². The highest BCUT2D eigenvalue weighted by Gasteiger charge is 2.13. The molecule has 0 bridgehead atoms. The van der Waals surface area contributed by atoms with Gasteiger partial charge in [0.1, 0.15) is 6.33 Å². The van der Waals surface area contributed by atoms with E-state index in [4.69, 9.17) is 16.3 Å². The Bertz CT molecular complexity index is 312. The zero-order valence-corrected chi connectivity index (χ0v) is 7.96. The Morgan fingerprint density at radius 3 is 2.79 bits per heavy atom. The Morgan fingerprint density at radius 1 is 1.50 bits per heavy atom. The third-order valence-electron chi connectivity index (χ3n) is 1.28. The minimum Gasteiger partial charge on any atom is -0.489 e. The van der Waals surface area contributed by atoms with Crippen LogP contribution in [0.25, 0.3) is 0 Å². The molecule has 0 amide bonds. The van der Waals surface area contributed by atoms with Crippen LogP contribution in [0.4, 0.5) is 8.78 Å². The van der Waals surface area contributed by atoms with Crippen LogP contribution < -0.4 is 9.47 Å². The molecule has 0 N–H and O–H groups in total. The largest absolute Gasteiger partial charge is 0.489 e. The summed E-state index contributed by atoms with van der Waals surface area (Å²) >= 11 is 5.60. The number of alkyl halides is 2. The van der Waals surface area contributed by atoms with E-state index in [-0.39, 0.29) is 16.8 Å². The summed E-state index contributed by atoms with van der Waals surface area (Å²) in [5.74, 6) is -0.0392. The summed E-state index contributed by atoms with van der Waals surface area (Å²) in [6.45, 7) is -0.760. The van der Waals surface area contributed by atoms with Gasteiger partial charge in [0.15, 0.2) is 11.8 Å². The van der Waals surface area contributed by atoms with E-state index in [1.807, 2.05) is 0 Å². The highest BCUT2D eigenvalue weighted by atomic mass is 35.5. The lowest BCUT2D eigenvalue weighted by atomic mass is 10.5. The second kappa shape index (κ2) is 4.90. The second-order valence-electron chi connectivity index (χ2n) is 2.20. The topological polar surface area (TPSA) is 44.2 Å². The van der Waals surface area contributed by atoms with Crippen LogP contribution in [-0.2, 0) is 0 Å². The fourth-order valence-electron chi connectivity index (χ4n) is 0.754. The molecule has 4 nitrogen and oxygen atoms in total. The number of hydrogen-bond donors (Lipinski definition) is 0. The second-order valence-corrected chi connectivity index (χ2v) is 2.56. The number of halogens is 3. The fraction of sp³-hybridized carbons (Fsp3) is 0.429. The van der Waals surface area contributed by atoms with Crippen LogP contribution in [0.15, 0.2) is 6.33 Å². The van der Waals surface area contributed by atoms with Gasteiger partial charge in [0.25, 0.3) is 12.3 Å². The van der Waals surface area contributed by atoms with Crippen molar-refractivity contribution >= 4 is 11.6 Å². The van der Waals surface area contributed by atoms with E-state index >= 15 is 0 Å². The minimum absolute atomic E-state index is 0.0202. The summed E-state index contributed by atoms with van der Waals surface area (Å²) in [7, 11) is 1.32. The quantitative estimate of drug-likeness (QED) is 0.732. The van der Waals surface area contributed by atoms with E-state index in [0.717, 1.165) is 6.33 Å². The standard InChI is InChI=1S/C7H7ClF2N2O2/c1-13-5-6(8)11-3-12-7(5)14-2-4(9)10/h3-4H,2H2,1H3. The molecule has 1 aromatic heterocycles. The van der Waals surface area contributed by atoms with Gasteiger partial charge in [0, 0.05) is 0 Å². The summed E-state index contributed by atoms with van der Waals surface area (Å²) in [6.07, 6.45) is -1.47. The molecule has 0 atom stereocenters. The molecule has 0 saturated carbocycles. The number of hydrogen-bond acceptors (Lipinski definition) is 4. The predicted molar refractivity (Wildman–Crippen MR) is 45.1 cm³/mol. The van der Waals surface area contributed by atoms with Gasteiger partial charge in [-0.25, -0.2) is 13.8 Å². The zero-order chi connectivity index (χ0) is 10.6. The SMILES string of the molecule is COc1c(Cl)ncnc1OCC(F)F. The Hall–Kier alpha value is -1.17. The molecule has 1 aromatic rings. The fourth-order valence-corrected chi connectivity index (χ4v) is 0.955. The van der Waals surface area contributed by atoms with Gasteiger partial charge in [0.05, 0.1) is 7.11 Å².